The predicted octanol–water partition coefficient (Wildman–Crippen LogP) is 10.7. The summed E-state index contributed by atoms with van der Waals surface area (Å²) in [5.74, 6) is 0.292. The van der Waals surface area contributed by atoms with Crippen LogP contribution in [0.15, 0.2) is 60.7 Å². The molecule has 10 heteroatoms. The van der Waals surface area contributed by atoms with Crippen LogP contribution < -0.4 is 4.74 Å². The van der Waals surface area contributed by atoms with Crippen molar-refractivity contribution in [2.24, 2.45) is 5.92 Å². The van der Waals surface area contributed by atoms with Crippen molar-refractivity contribution in [3.8, 4) is 5.75 Å². The molecular weight excluding hydrogens is 701 g/mol. The summed E-state index contributed by atoms with van der Waals surface area (Å²) < 4.78 is 30.9. The first kappa shape index (κ1) is 48.4. The highest BCUT2D eigenvalue weighted by atomic mass is 28.4. The molecule has 0 heterocycles. The van der Waals surface area contributed by atoms with Crippen molar-refractivity contribution in [2.75, 3.05) is 13.7 Å². The average molecular weight is 773 g/mol. The summed E-state index contributed by atoms with van der Waals surface area (Å²) in [5, 5.41) is -0.0639. The lowest BCUT2D eigenvalue weighted by Crippen LogP contribution is -2.47. The van der Waals surface area contributed by atoms with Gasteiger partial charge in [0.25, 0.3) is 0 Å². The largest absolute Gasteiger partial charge is 0.497 e. The normalized spacial score (nSPS) is 15.5. The second-order valence-electron chi connectivity index (χ2n) is 17.2. The maximum Gasteiger partial charge on any atom is 0.313 e. The number of rotatable bonds is 25. The van der Waals surface area contributed by atoms with Gasteiger partial charge in [0.05, 0.1) is 38.6 Å². The topological polar surface area (TPSA) is 97.4 Å². The fourth-order valence-electron chi connectivity index (χ4n) is 5.00. The van der Waals surface area contributed by atoms with E-state index in [0.29, 0.717) is 32.5 Å². The SMILES string of the molecule is CCCCOC(=O)CC(=O)C[C@@H](C[C@@H](C/C=C\C=C\[C@@H](OCc1ccc(OC)cc1)[C@H](C)C/C=C/C=O)O[Si](C)(C)C(C)(C)C)O[Si](C)(C)C(C)(C)C. The van der Waals surface area contributed by atoms with Crippen LogP contribution in [0.5, 0.6) is 5.75 Å². The van der Waals surface area contributed by atoms with E-state index in [9.17, 15) is 14.4 Å². The Hall–Kier alpha value is -2.64. The van der Waals surface area contributed by atoms with E-state index in [4.69, 9.17) is 23.1 Å². The van der Waals surface area contributed by atoms with Gasteiger partial charge in [-0.3, -0.25) is 14.4 Å². The second-order valence-corrected chi connectivity index (χ2v) is 26.7. The smallest absolute Gasteiger partial charge is 0.313 e. The number of carbonyl (C=O) groups excluding carboxylic acids is 3. The molecule has 0 aromatic heterocycles. The van der Waals surface area contributed by atoms with Gasteiger partial charge in [-0.15, -0.1) is 0 Å². The Kier molecular flexibility index (Phi) is 21.3. The van der Waals surface area contributed by atoms with Gasteiger partial charge in [0.15, 0.2) is 16.6 Å². The highest BCUT2D eigenvalue weighted by Gasteiger charge is 2.42. The Morgan fingerprint density at radius 1 is 0.830 bits per heavy atom. The van der Waals surface area contributed by atoms with Crippen molar-refractivity contribution in [2.45, 2.75) is 162 Å². The molecule has 1 aromatic carbocycles. The van der Waals surface area contributed by atoms with Crippen LogP contribution in [0.3, 0.4) is 0 Å². The number of Topliss-reactive ketones (excluding diaryl/α,β-unsaturated/α-hetero) is 1. The lowest BCUT2D eigenvalue weighted by atomic mass is 9.99. The predicted molar refractivity (Wildman–Crippen MR) is 222 cm³/mol. The Bertz CT molecular complexity index is 1320. The molecule has 53 heavy (non-hydrogen) atoms. The molecule has 0 aliphatic rings. The van der Waals surface area contributed by atoms with Gasteiger partial charge in [-0.2, -0.15) is 0 Å². The van der Waals surface area contributed by atoms with E-state index >= 15 is 0 Å². The lowest BCUT2D eigenvalue weighted by Gasteiger charge is -2.42. The minimum atomic E-state index is -2.27. The van der Waals surface area contributed by atoms with Crippen LogP contribution in [0.2, 0.25) is 36.3 Å². The molecule has 0 aliphatic carbocycles. The van der Waals surface area contributed by atoms with Crippen LogP contribution in [0, 0.1) is 5.92 Å². The van der Waals surface area contributed by atoms with Crippen molar-refractivity contribution >= 4 is 34.7 Å². The number of hydrogen-bond acceptors (Lipinski definition) is 8. The number of unbranched alkanes of at least 4 members (excludes halogenated alkanes) is 1. The summed E-state index contributed by atoms with van der Waals surface area (Å²) in [6.45, 7) is 27.0. The number of carbonyl (C=O) groups is 3. The van der Waals surface area contributed by atoms with Crippen molar-refractivity contribution in [1.29, 1.82) is 0 Å². The summed E-state index contributed by atoms with van der Waals surface area (Å²) >= 11 is 0. The fourth-order valence-corrected chi connectivity index (χ4v) is 7.75. The molecule has 0 spiro atoms. The van der Waals surface area contributed by atoms with Crippen molar-refractivity contribution < 1.29 is 37.4 Å². The Morgan fingerprint density at radius 2 is 1.42 bits per heavy atom. The van der Waals surface area contributed by atoms with Gasteiger partial charge in [0.2, 0.25) is 0 Å². The second kappa shape index (κ2) is 23.3. The standard InChI is InChI=1S/C43H72O8Si2/c1-14-15-29-48-41(46)31-36(45)30-39(51-53(12,13)43(6,7)8)32-38(50-52(10,11)42(3,4)5)22-17-16-18-23-40(34(2)21-19-20-28-44)49-33-35-24-26-37(47-9)27-25-35/h16-20,23-28,34,38-40H,14-15,21-22,29-33H2,1-13H3/b17-16-,20-19+,23-18+/t34-,38-,39+,40-/m1/s1. The van der Waals surface area contributed by atoms with E-state index in [2.05, 4.69) is 86.8 Å². The molecule has 0 saturated carbocycles. The molecule has 0 aliphatic heterocycles. The zero-order chi connectivity index (χ0) is 40.3. The summed E-state index contributed by atoms with van der Waals surface area (Å²) in [6.07, 6.45) is 15.1. The van der Waals surface area contributed by atoms with E-state index in [-0.39, 0.29) is 52.9 Å². The van der Waals surface area contributed by atoms with Gasteiger partial charge >= 0.3 is 5.97 Å². The monoisotopic (exact) mass is 772 g/mol. The maximum atomic E-state index is 13.3. The summed E-state index contributed by atoms with van der Waals surface area (Å²) in [5.41, 5.74) is 1.04. The first-order chi connectivity index (χ1) is 24.7. The van der Waals surface area contributed by atoms with Gasteiger partial charge in [0, 0.05) is 6.42 Å². The Balaban J connectivity index is 3.29. The van der Waals surface area contributed by atoms with E-state index in [1.54, 1.807) is 7.11 Å². The number of ketones is 1. The zero-order valence-electron chi connectivity index (χ0n) is 35.3. The van der Waals surface area contributed by atoms with Crippen LogP contribution in [0.4, 0.5) is 0 Å². The number of esters is 1. The molecule has 0 fully saturated rings. The molecule has 1 aromatic rings. The maximum absolute atomic E-state index is 13.3. The van der Waals surface area contributed by atoms with Crippen LogP contribution >= 0.6 is 0 Å². The molecule has 8 nitrogen and oxygen atoms in total. The molecule has 300 valence electrons. The molecule has 0 amide bonds. The van der Waals surface area contributed by atoms with E-state index in [0.717, 1.165) is 30.4 Å². The highest BCUT2D eigenvalue weighted by molar-refractivity contribution is 6.74. The van der Waals surface area contributed by atoms with Gasteiger partial charge in [-0.25, -0.2) is 0 Å². The summed E-state index contributed by atoms with van der Waals surface area (Å²) in [6, 6.07) is 7.83. The van der Waals surface area contributed by atoms with Gasteiger partial charge in [-0.1, -0.05) is 104 Å². The van der Waals surface area contributed by atoms with Crippen molar-refractivity contribution in [1.82, 2.24) is 0 Å². The van der Waals surface area contributed by atoms with Crippen LogP contribution in [-0.4, -0.2) is 66.7 Å². The van der Waals surface area contributed by atoms with Crippen LogP contribution in [-0.2, 0) is 39.3 Å². The molecule has 0 N–H and O–H groups in total. The number of allylic oxidation sites excluding steroid dienone is 4. The lowest BCUT2D eigenvalue weighted by molar-refractivity contribution is -0.146. The minimum absolute atomic E-state index is 0.00834. The fraction of sp³-hybridized carbons (Fsp3) is 0.651. The van der Waals surface area contributed by atoms with Crippen LogP contribution in [0.1, 0.15) is 106 Å². The number of hydrogen-bond donors (Lipinski definition) is 0. The summed E-state index contributed by atoms with van der Waals surface area (Å²) in [7, 11) is -2.81. The third-order valence-corrected chi connectivity index (χ3v) is 19.5. The Morgan fingerprint density at radius 3 is 1.96 bits per heavy atom. The van der Waals surface area contributed by atoms with E-state index in [1.807, 2.05) is 49.4 Å². The Labute approximate surface area is 324 Å². The zero-order valence-corrected chi connectivity index (χ0v) is 37.3. The third-order valence-electron chi connectivity index (χ3n) is 10.5. The number of methoxy groups -OCH3 is 1. The van der Waals surface area contributed by atoms with Crippen LogP contribution in [0.25, 0.3) is 0 Å². The quantitative estimate of drug-likeness (QED) is 0.0184. The number of aldehydes is 1. The molecule has 0 saturated heterocycles. The first-order valence-corrected chi connectivity index (χ1v) is 25.2. The third kappa shape index (κ3) is 19.0. The van der Waals surface area contributed by atoms with Crippen molar-refractivity contribution in [3.63, 3.8) is 0 Å². The number of ether oxygens (including phenoxy) is 3. The molecular formula is C43H72O8Si2. The van der Waals surface area contributed by atoms with Gasteiger partial charge in [-0.05, 0) is 91.6 Å². The van der Waals surface area contributed by atoms with Gasteiger partial charge < -0.3 is 23.1 Å². The molecule has 0 bridgehead atoms. The summed E-state index contributed by atoms with van der Waals surface area (Å²) in [4.78, 5) is 36.6. The minimum Gasteiger partial charge on any atom is -0.497 e. The van der Waals surface area contributed by atoms with Crippen molar-refractivity contribution in [3.05, 3.63) is 66.3 Å². The van der Waals surface area contributed by atoms with Gasteiger partial charge in [0.1, 0.15) is 24.2 Å². The molecule has 4 atom stereocenters. The highest BCUT2D eigenvalue weighted by Crippen LogP contribution is 2.40. The van der Waals surface area contributed by atoms with E-state index in [1.165, 1.54) is 6.08 Å². The number of benzene rings is 1. The molecule has 0 radical (unpaired) electrons. The van der Waals surface area contributed by atoms with E-state index < -0.39 is 22.6 Å². The molecule has 0 unspecified atom stereocenters. The average Bonchev–Trinajstić information content (AvgIpc) is 3.04. The first-order valence-electron chi connectivity index (χ1n) is 19.4. The molecule has 1 rings (SSSR count).